The molecule has 2 amide bonds. The molecule has 0 aliphatic heterocycles. The monoisotopic (exact) mass is 386 g/mol. The molecule has 122 valence electrons. The first-order chi connectivity index (χ1) is 11.5. The number of rotatable bonds is 2. The Morgan fingerprint density at radius 3 is 2.62 bits per heavy atom. The molecule has 0 aliphatic rings. The molecule has 0 aliphatic carbocycles. The van der Waals surface area contributed by atoms with Crippen LogP contribution in [0.25, 0.3) is 10.9 Å². The highest BCUT2D eigenvalue weighted by atomic mass is 79.9. The zero-order valence-corrected chi connectivity index (χ0v) is 14.7. The van der Waals surface area contributed by atoms with Crippen molar-refractivity contribution in [2.75, 3.05) is 5.32 Å². The number of para-hydroxylation sites is 1. The highest BCUT2D eigenvalue weighted by Gasteiger charge is 2.12. The number of anilines is 1. The number of H-pyrrole nitrogens is 1. The van der Waals surface area contributed by atoms with Crippen molar-refractivity contribution in [1.82, 2.24) is 4.98 Å². The van der Waals surface area contributed by atoms with Gasteiger partial charge in [-0.3, -0.25) is 0 Å². The normalized spacial score (nSPS) is 11.3. The van der Waals surface area contributed by atoms with Crippen molar-refractivity contribution in [3.05, 3.63) is 52.0 Å². The first-order valence-electron chi connectivity index (χ1n) is 7.25. The zero-order valence-electron chi connectivity index (χ0n) is 13.1. The summed E-state index contributed by atoms with van der Waals surface area (Å²) in [6.45, 7) is 3.81. The van der Waals surface area contributed by atoms with Crippen LogP contribution in [0.1, 0.15) is 11.1 Å². The molecule has 2 aromatic carbocycles. The molecule has 3 rings (SSSR count). The van der Waals surface area contributed by atoms with Crippen LogP contribution in [0, 0.1) is 13.8 Å². The Kier molecular flexibility index (Phi) is 4.35. The molecule has 0 unspecified atom stereocenters. The summed E-state index contributed by atoms with van der Waals surface area (Å²) in [5.41, 5.74) is 3.53. The number of hydrogen-bond acceptors (Lipinski definition) is 3. The van der Waals surface area contributed by atoms with Crippen LogP contribution in [-0.4, -0.2) is 16.1 Å². The maximum Gasteiger partial charge on any atom is 0.364 e. The van der Waals surface area contributed by atoms with E-state index in [9.17, 15) is 9.90 Å². The highest BCUT2D eigenvalue weighted by Crippen LogP contribution is 2.36. The third-order valence-electron chi connectivity index (χ3n) is 3.67. The number of hydrogen-bond donors (Lipinski definition) is 3. The number of urea groups is 1. The van der Waals surface area contributed by atoms with Crippen LogP contribution >= 0.6 is 15.9 Å². The van der Waals surface area contributed by atoms with Gasteiger partial charge in [0.05, 0.1) is 5.52 Å². The lowest BCUT2D eigenvalue weighted by Gasteiger charge is -2.08. The molecular formula is C17H15BrN4O2. The molecule has 6 nitrogen and oxygen atoms in total. The molecular weight excluding hydrogens is 372 g/mol. The summed E-state index contributed by atoms with van der Waals surface area (Å²) >= 11 is 3.37. The van der Waals surface area contributed by atoms with Gasteiger partial charge in [0.25, 0.3) is 0 Å². The van der Waals surface area contributed by atoms with Gasteiger partial charge in [-0.2, -0.15) is 0 Å². The molecule has 0 saturated heterocycles. The van der Waals surface area contributed by atoms with E-state index >= 15 is 0 Å². The van der Waals surface area contributed by atoms with Gasteiger partial charge in [0.2, 0.25) is 5.88 Å². The predicted molar refractivity (Wildman–Crippen MR) is 97.1 cm³/mol. The van der Waals surface area contributed by atoms with Crippen molar-refractivity contribution < 1.29 is 9.90 Å². The number of aromatic hydroxyl groups is 1. The Bertz CT molecular complexity index is 942. The summed E-state index contributed by atoms with van der Waals surface area (Å²) in [7, 11) is 0. The summed E-state index contributed by atoms with van der Waals surface area (Å²) < 4.78 is 0.838. The fourth-order valence-electron chi connectivity index (χ4n) is 2.48. The zero-order chi connectivity index (χ0) is 17.3. The number of carbonyl (C=O) groups excluding carboxylic acids is 1. The van der Waals surface area contributed by atoms with Gasteiger partial charge in [-0.25, -0.2) is 4.79 Å². The summed E-state index contributed by atoms with van der Waals surface area (Å²) in [4.78, 5) is 14.8. The molecule has 1 heterocycles. The second-order valence-corrected chi connectivity index (χ2v) is 6.32. The number of halogens is 1. The molecule has 0 spiro atoms. The Morgan fingerprint density at radius 1 is 1.21 bits per heavy atom. The molecule has 0 radical (unpaired) electrons. The van der Waals surface area contributed by atoms with E-state index in [4.69, 9.17) is 0 Å². The highest BCUT2D eigenvalue weighted by molar-refractivity contribution is 9.10. The van der Waals surface area contributed by atoms with Gasteiger partial charge in [-0.15, -0.1) is 5.11 Å². The molecule has 7 heteroatoms. The number of carbonyl (C=O) groups is 1. The number of nitrogens with zero attached hydrogens (tertiary/aromatic N) is 2. The van der Waals surface area contributed by atoms with E-state index < -0.39 is 6.03 Å². The van der Waals surface area contributed by atoms with Crippen LogP contribution < -0.4 is 5.32 Å². The minimum atomic E-state index is -0.601. The molecule has 3 N–H and O–H groups in total. The fourth-order valence-corrected chi connectivity index (χ4v) is 2.84. The summed E-state index contributed by atoms with van der Waals surface area (Å²) in [5.74, 6) is -0.133. The second-order valence-electron chi connectivity index (χ2n) is 5.41. The van der Waals surface area contributed by atoms with Gasteiger partial charge < -0.3 is 15.4 Å². The molecule has 0 fully saturated rings. The molecule has 0 saturated carbocycles. The SMILES string of the molecule is Cc1cccc(C)c1NC(=O)N=Nc1c(O)[nH]c2ccc(Br)cc12. The lowest BCUT2D eigenvalue weighted by atomic mass is 10.1. The predicted octanol–water partition coefficient (Wildman–Crippen LogP) is 5.57. The van der Waals surface area contributed by atoms with Crippen molar-refractivity contribution in [2.24, 2.45) is 10.2 Å². The lowest BCUT2D eigenvalue weighted by molar-refractivity contribution is 0.258. The van der Waals surface area contributed by atoms with E-state index in [1.165, 1.54) is 0 Å². The van der Waals surface area contributed by atoms with Gasteiger partial charge in [0, 0.05) is 15.5 Å². The quantitative estimate of drug-likeness (QED) is 0.502. The van der Waals surface area contributed by atoms with E-state index in [-0.39, 0.29) is 11.6 Å². The van der Waals surface area contributed by atoms with Crippen molar-refractivity contribution >= 4 is 44.2 Å². The van der Waals surface area contributed by atoms with E-state index in [1.54, 1.807) is 12.1 Å². The van der Waals surface area contributed by atoms with Crippen LogP contribution in [0.4, 0.5) is 16.2 Å². The smallest absolute Gasteiger partial charge is 0.364 e. The minimum absolute atomic E-state index is 0.133. The first kappa shape index (κ1) is 16.2. The first-order valence-corrected chi connectivity index (χ1v) is 8.04. The lowest BCUT2D eigenvalue weighted by Crippen LogP contribution is -2.08. The molecule has 24 heavy (non-hydrogen) atoms. The topological polar surface area (TPSA) is 89.8 Å². The standard InChI is InChI=1S/C17H15BrN4O2/c1-9-4-3-5-10(2)14(9)20-17(24)22-21-15-12-8-11(18)6-7-13(12)19-16(15)23/h3-8,19,23H,1-2H3,(H,20,24). The second kappa shape index (κ2) is 6.45. The van der Waals surface area contributed by atoms with Crippen molar-refractivity contribution in [1.29, 1.82) is 0 Å². The number of nitrogens with one attached hydrogen (secondary N) is 2. The maximum absolute atomic E-state index is 12.1. The Morgan fingerprint density at radius 2 is 1.92 bits per heavy atom. The van der Waals surface area contributed by atoms with Crippen LogP contribution in [0.15, 0.2) is 51.1 Å². The van der Waals surface area contributed by atoms with Crippen molar-refractivity contribution in [3.63, 3.8) is 0 Å². The van der Waals surface area contributed by atoms with Crippen molar-refractivity contribution in [3.8, 4) is 5.88 Å². The third-order valence-corrected chi connectivity index (χ3v) is 4.16. The van der Waals surface area contributed by atoms with E-state index in [0.29, 0.717) is 16.6 Å². The van der Waals surface area contributed by atoms with Crippen LogP contribution in [0.5, 0.6) is 5.88 Å². The average molecular weight is 387 g/mol. The summed E-state index contributed by atoms with van der Waals surface area (Å²) in [6.07, 6.45) is 0. The van der Waals surface area contributed by atoms with E-state index in [1.807, 2.05) is 38.1 Å². The number of aromatic amines is 1. The van der Waals surface area contributed by atoms with Gasteiger partial charge in [-0.1, -0.05) is 39.2 Å². The molecule has 1 aromatic heterocycles. The number of aryl methyl sites for hydroxylation is 2. The van der Waals surface area contributed by atoms with Crippen LogP contribution in [-0.2, 0) is 0 Å². The summed E-state index contributed by atoms with van der Waals surface area (Å²) in [6, 6.07) is 10.6. The number of benzene rings is 2. The fraction of sp³-hybridized carbons (Fsp3) is 0.118. The molecule has 0 atom stereocenters. The number of aromatic nitrogens is 1. The minimum Gasteiger partial charge on any atom is -0.493 e. The number of azo groups is 1. The number of amides is 2. The molecule has 0 bridgehead atoms. The van der Waals surface area contributed by atoms with Gasteiger partial charge in [-0.05, 0) is 43.2 Å². The van der Waals surface area contributed by atoms with Crippen molar-refractivity contribution in [2.45, 2.75) is 13.8 Å². The van der Waals surface area contributed by atoms with Gasteiger partial charge in [0.1, 0.15) is 0 Å². The van der Waals surface area contributed by atoms with E-state index in [2.05, 4.69) is 36.5 Å². The van der Waals surface area contributed by atoms with Gasteiger partial charge in [0.15, 0.2) is 5.69 Å². The van der Waals surface area contributed by atoms with Gasteiger partial charge >= 0.3 is 6.03 Å². The average Bonchev–Trinajstić information content (AvgIpc) is 2.84. The Labute approximate surface area is 146 Å². The third kappa shape index (κ3) is 3.16. The Hall–Kier alpha value is -2.67. The van der Waals surface area contributed by atoms with Crippen LogP contribution in [0.3, 0.4) is 0 Å². The Balaban J connectivity index is 1.87. The van der Waals surface area contributed by atoms with E-state index in [0.717, 1.165) is 15.6 Å². The summed E-state index contributed by atoms with van der Waals surface area (Å²) in [5, 5.41) is 20.9. The maximum atomic E-state index is 12.1. The van der Waals surface area contributed by atoms with Crippen LogP contribution in [0.2, 0.25) is 0 Å². The largest absolute Gasteiger partial charge is 0.493 e. The number of fused-ring (bicyclic) bond motifs is 1. The molecule has 3 aromatic rings.